The van der Waals surface area contributed by atoms with Crippen LogP contribution in [-0.4, -0.2) is 47.3 Å². The van der Waals surface area contributed by atoms with E-state index in [0.717, 1.165) is 0 Å². The molecule has 1 heterocycles. The Morgan fingerprint density at radius 2 is 1.90 bits per heavy atom. The van der Waals surface area contributed by atoms with Crippen molar-refractivity contribution in [2.24, 2.45) is 4.99 Å². The van der Waals surface area contributed by atoms with Crippen molar-refractivity contribution in [1.82, 2.24) is 4.90 Å². The number of morpholine rings is 1. The normalized spacial score (nSPS) is 16.1. The third-order valence-corrected chi connectivity index (χ3v) is 3.11. The number of carbonyl (C=O) groups is 1. The molecule has 106 valence electrons. The predicted octanol–water partition coefficient (Wildman–Crippen LogP) is 1.66. The van der Waals surface area contributed by atoms with E-state index in [0.29, 0.717) is 26.3 Å². The molecule has 1 amide bonds. The van der Waals surface area contributed by atoms with Gasteiger partial charge in [0.2, 0.25) is 5.29 Å². The summed E-state index contributed by atoms with van der Waals surface area (Å²) >= 11 is 5.98. The van der Waals surface area contributed by atoms with Crippen molar-refractivity contribution in [3.8, 4) is 0 Å². The lowest BCUT2D eigenvalue weighted by Crippen LogP contribution is -2.38. The molecule has 0 bridgehead atoms. The second-order valence-corrected chi connectivity index (χ2v) is 4.43. The first kappa shape index (κ1) is 14.4. The highest BCUT2D eigenvalue weighted by Crippen LogP contribution is 2.13. The van der Waals surface area contributed by atoms with Crippen molar-refractivity contribution in [2.45, 2.75) is 0 Å². The summed E-state index contributed by atoms with van der Waals surface area (Å²) in [4.78, 5) is 27.4. The Morgan fingerprint density at radius 1 is 1.30 bits per heavy atom. The molecule has 0 aromatic heterocycles. The molecular formula is C12H12ClN3O4. The molecule has 1 aromatic rings. The number of nitrogens with zero attached hydrogens (tertiary/aromatic N) is 3. The Bertz CT molecular complexity index is 538. The van der Waals surface area contributed by atoms with Gasteiger partial charge in [-0.15, -0.1) is 0 Å². The van der Waals surface area contributed by atoms with Gasteiger partial charge in [-0.3, -0.25) is 14.9 Å². The zero-order valence-corrected chi connectivity index (χ0v) is 11.2. The van der Waals surface area contributed by atoms with Crippen LogP contribution in [0.3, 0.4) is 0 Å². The van der Waals surface area contributed by atoms with Gasteiger partial charge in [0.05, 0.1) is 18.1 Å². The molecule has 0 N–H and O–H groups in total. The molecule has 2 rings (SSSR count). The third kappa shape index (κ3) is 3.52. The number of rotatable bonds is 2. The van der Waals surface area contributed by atoms with E-state index in [1.165, 1.54) is 24.3 Å². The number of hydrogen-bond donors (Lipinski definition) is 0. The zero-order valence-electron chi connectivity index (χ0n) is 10.5. The minimum atomic E-state index is -0.531. The van der Waals surface area contributed by atoms with Gasteiger partial charge in [0.1, 0.15) is 0 Å². The van der Waals surface area contributed by atoms with Gasteiger partial charge in [-0.2, -0.15) is 4.99 Å². The Balaban J connectivity index is 2.08. The highest BCUT2D eigenvalue weighted by Gasteiger charge is 2.15. The van der Waals surface area contributed by atoms with E-state index >= 15 is 0 Å². The summed E-state index contributed by atoms with van der Waals surface area (Å²) < 4.78 is 5.17. The van der Waals surface area contributed by atoms with Crippen LogP contribution in [0.5, 0.6) is 0 Å². The first-order valence-corrected chi connectivity index (χ1v) is 6.31. The summed E-state index contributed by atoms with van der Waals surface area (Å²) in [6.45, 7) is 2.24. The Labute approximate surface area is 120 Å². The maximum atomic E-state index is 11.9. The molecule has 20 heavy (non-hydrogen) atoms. The van der Waals surface area contributed by atoms with Gasteiger partial charge in [0.25, 0.3) is 11.6 Å². The largest absolute Gasteiger partial charge is 0.378 e. The zero-order chi connectivity index (χ0) is 14.5. The van der Waals surface area contributed by atoms with Gasteiger partial charge < -0.3 is 9.64 Å². The predicted molar refractivity (Wildman–Crippen MR) is 73.1 cm³/mol. The number of amidine groups is 1. The average molecular weight is 298 g/mol. The topological polar surface area (TPSA) is 85.0 Å². The number of amides is 1. The van der Waals surface area contributed by atoms with E-state index in [-0.39, 0.29) is 16.5 Å². The smallest absolute Gasteiger partial charge is 0.279 e. The maximum Gasteiger partial charge on any atom is 0.279 e. The number of ether oxygens (including phenoxy) is 1. The molecule has 7 nitrogen and oxygen atoms in total. The van der Waals surface area contributed by atoms with Crippen molar-refractivity contribution in [3.63, 3.8) is 0 Å². The number of halogens is 1. The van der Waals surface area contributed by atoms with E-state index in [1.807, 2.05) is 0 Å². The van der Waals surface area contributed by atoms with Gasteiger partial charge in [-0.25, -0.2) is 0 Å². The molecular weight excluding hydrogens is 286 g/mol. The Morgan fingerprint density at radius 3 is 2.45 bits per heavy atom. The highest BCUT2D eigenvalue weighted by atomic mass is 35.5. The minimum absolute atomic E-state index is 0.0789. The van der Waals surface area contributed by atoms with Gasteiger partial charge in [-0.05, 0) is 23.7 Å². The monoisotopic (exact) mass is 297 g/mol. The quantitative estimate of drug-likeness (QED) is 0.272. The van der Waals surface area contributed by atoms with Crippen LogP contribution < -0.4 is 0 Å². The number of non-ortho nitro benzene ring substituents is 1. The lowest BCUT2D eigenvalue weighted by molar-refractivity contribution is -0.384. The summed E-state index contributed by atoms with van der Waals surface area (Å²) in [6.07, 6.45) is 0. The molecule has 8 heteroatoms. The molecule has 1 aromatic carbocycles. The molecule has 0 atom stereocenters. The van der Waals surface area contributed by atoms with E-state index in [4.69, 9.17) is 16.3 Å². The van der Waals surface area contributed by atoms with E-state index in [1.54, 1.807) is 4.90 Å². The standard InChI is InChI=1S/C12H12ClN3O4/c13-12(15-5-7-20-8-6-15)14-11(17)9-1-3-10(4-2-9)16(18)19/h1-4H,5-8H2. The molecule has 1 aliphatic rings. The SMILES string of the molecule is O=C(N=C(Cl)N1CCOCC1)c1ccc([N+](=O)[O-])cc1. The molecule has 0 radical (unpaired) electrons. The van der Waals surface area contributed by atoms with Crippen molar-refractivity contribution in [2.75, 3.05) is 26.3 Å². The number of carbonyl (C=O) groups excluding carboxylic acids is 1. The van der Waals surface area contributed by atoms with Crippen LogP contribution in [0.1, 0.15) is 10.4 Å². The van der Waals surface area contributed by atoms with Crippen molar-refractivity contribution in [1.29, 1.82) is 0 Å². The van der Waals surface area contributed by atoms with Gasteiger partial charge >= 0.3 is 0 Å². The molecule has 0 aliphatic carbocycles. The van der Waals surface area contributed by atoms with Crippen LogP contribution in [0.2, 0.25) is 0 Å². The Kier molecular flexibility index (Phi) is 4.65. The third-order valence-electron chi connectivity index (χ3n) is 2.79. The van der Waals surface area contributed by atoms with Gasteiger partial charge in [0.15, 0.2) is 0 Å². The fourth-order valence-corrected chi connectivity index (χ4v) is 1.94. The molecule has 1 aliphatic heterocycles. The van der Waals surface area contributed by atoms with Gasteiger partial charge in [0, 0.05) is 30.8 Å². The van der Waals surface area contributed by atoms with Crippen LogP contribution in [-0.2, 0) is 4.74 Å². The average Bonchev–Trinajstić information content (AvgIpc) is 2.48. The first-order chi connectivity index (χ1) is 9.58. The fraction of sp³-hybridized carbons (Fsp3) is 0.333. The molecule has 1 fully saturated rings. The second kappa shape index (κ2) is 6.44. The maximum absolute atomic E-state index is 11.9. The summed E-state index contributed by atoms with van der Waals surface area (Å²) in [5, 5.41) is 10.6. The van der Waals surface area contributed by atoms with Crippen LogP contribution in [0.4, 0.5) is 5.69 Å². The van der Waals surface area contributed by atoms with E-state index in [2.05, 4.69) is 4.99 Å². The van der Waals surface area contributed by atoms with Crippen LogP contribution in [0.25, 0.3) is 0 Å². The summed E-state index contributed by atoms with van der Waals surface area (Å²) in [6, 6.07) is 5.22. The number of hydrogen-bond acceptors (Lipinski definition) is 4. The van der Waals surface area contributed by atoms with Crippen LogP contribution >= 0.6 is 11.6 Å². The lowest BCUT2D eigenvalue weighted by Gasteiger charge is -2.26. The summed E-state index contributed by atoms with van der Waals surface area (Å²) in [5.74, 6) is -0.531. The van der Waals surface area contributed by atoms with E-state index < -0.39 is 10.8 Å². The fourth-order valence-electron chi connectivity index (χ4n) is 1.69. The van der Waals surface area contributed by atoms with E-state index in [9.17, 15) is 14.9 Å². The second-order valence-electron chi connectivity index (χ2n) is 4.09. The number of benzene rings is 1. The minimum Gasteiger partial charge on any atom is -0.378 e. The number of nitro groups is 1. The van der Waals surface area contributed by atoms with Crippen molar-refractivity contribution < 1.29 is 14.5 Å². The van der Waals surface area contributed by atoms with Crippen LogP contribution in [0, 0.1) is 10.1 Å². The highest BCUT2D eigenvalue weighted by molar-refractivity contribution is 6.65. The Hall–Kier alpha value is -1.99. The molecule has 0 spiro atoms. The molecule has 1 saturated heterocycles. The summed E-state index contributed by atoms with van der Waals surface area (Å²) in [5.41, 5.74) is 0.173. The number of aliphatic imine (C=N–C) groups is 1. The van der Waals surface area contributed by atoms with Crippen LogP contribution in [0.15, 0.2) is 29.3 Å². The molecule has 0 saturated carbocycles. The van der Waals surface area contributed by atoms with Crippen molar-refractivity contribution >= 4 is 28.5 Å². The summed E-state index contributed by atoms with van der Waals surface area (Å²) in [7, 11) is 0. The number of nitro benzene ring substituents is 1. The lowest BCUT2D eigenvalue weighted by atomic mass is 10.2. The van der Waals surface area contributed by atoms with Gasteiger partial charge in [-0.1, -0.05) is 0 Å². The first-order valence-electron chi connectivity index (χ1n) is 5.93. The van der Waals surface area contributed by atoms with Crippen molar-refractivity contribution in [3.05, 3.63) is 39.9 Å². The molecule has 0 unspecified atom stereocenters.